The molecule has 2 amide bonds. The van der Waals surface area contributed by atoms with E-state index < -0.39 is 11.9 Å². The number of nitrogens with one attached hydrogen (secondary N) is 3. The van der Waals surface area contributed by atoms with E-state index in [1.807, 2.05) is 6.07 Å². The van der Waals surface area contributed by atoms with Gasteiger partial charge in [-0.2, -0.15) is 0 Å². The summed E-state index contributed by atoms with van der Waals surface area (Å²) >= 11 is 6.04. The molecule has 1 aliphatic carbocycles. The van der Waals surface area contributed by atoms with E-state index in [0.29, 0.717) is 23.8 Å². The summed E-state index contributed by atoms with van der Waals surface area (Å²) < 4.78 is 0. The van der Waals surface area contributed by atoms with Crippen molar-refractivity contribution in [3.05, 3.63) is 41.1 Å². The zero-order chi connectivity index (χ0) is 20.1. The Morgan fingerprint density at radius 1 is 1.32 bits per heavy atom. The fourth-order valence-corrected chi connectivity index (χ4v) is 4.04. The Morgan fingerprint density at radius 3 is 2.79 bits per heavy atom. The lowest BCUT2D eigenvalue weighted by atomic mass is 10.0. The van der Waals surface area contributed by atoms with Crippen LogP contribution in [0.15, 0.2) is 35.5 Å². The van der Waals surface area contributed by atoms with E-state index in [4.69, 9.17) is 11.6 Å². The first-order valence-electron chi connectivity index (χ1n) is 9.78. The number of hydrogen-bond donors (Lipinski definition) is 3. The zero-order valence-electron chi connectivity index (χ0n) is 16.2. The molecular formula is C21H27ClN4O2. The molecule has 0 unspecified atom stereocenters. The van der Waals surface area contributed by atoms with Crippen molar-refractivity contribution in [3.8, 4) is 0 Å². The fraction of sp³-hybridized carbons (Fsp3) is 0.476. The van der Waals surface area contributed by atoms with Crippen LogP contribution >= 0.6 is 11.6 Å². The van der Waals surface area contributed by atoms with Crippen molar-refractivity contribution in [2.75, 3.05) is 12.4 Å². The lowest BCUT2D eigenvalue weighted by molar-refractivity contribution is -0.124. The average molecular weight is 403 g/mol. The molecular weight excluding hydrogens is 376 g/mol. The van der Waals surface area contributed by atoms with Gasteiger partial charge in [-0.15, -0.1) is 0 Å². The second kappa shape index (κ2) is 9.24. The monoisotopic (exact) mass is 402 g/mol. The maximum Gasteiger partial charge on any atom is 0.267 e. The lowest BCUT2D eigenvalue weighted by Gasteiger charge is -2.18. The van der Waals surface area contributed by atoms with Crippen LogP contribution in [0, 0.1) is 5.92 Å². The molecule has 0 spiro atoms. The summed E-state index contributed by atoms with van der Waals surface area (Å²) in [5.74, 6) is 0.744. The third kappa shape index (κ3) is 5.13. The SMILES string of the molecule is C=C(NC(CC1CCCC1)=NC)C(=O)N[C@H]1CCc2cc(Cl)ccc2NC1=O. The molecule has 1 aromatic carbocycles. The van der Waals surface area contributed by atoms with Crippen LogP contribution < -0.4 is 16.0 Å². The number of carbonyl (C=O) groups excluding carboxylic acids is 2. The van der Waals surface area contributed by atoms with E-state index in [1.165, 1.54) is 25.7 Å². The predicted molar refractivity (Wildman–Crippen MR) is 113 cm³/mol. The average Bonchev–Trinajstić information content (AvgIpc) is 3.13. The summed E-state index contributed by atoms with van der Waals surface area (Å²) in [7, 11) is 1.71. The second-order valence-corrected chi connectivity index (χ2v) is 7.92. The molecule has 3 N–H and O–H groups in total. The molecule has 1 heterocycles. The Morgan fingerprint density at radius 2 is 2.07 bits per heavy atom. The normalized spacial score (nSPS) is 20.1. The van der Waals surface area contributed by atoms with Gasteiger partial charge in [0, 0.05) is 24.2 Å². The van der Waals surface area contributed by atoms with Crippen LogP contribution in [-0.2, 0) is 16.0 Å². The summed E-state index contributed by atoms with van der Waals surface area (Å²) in [5, 5.41) is 9.30. The van der Waals surface area contributed by atoms with Crippen LogP contribution in [0.5, 0.6) is 0 Å². The molecule has 0 aromatic heterocycles. The molecule has 1 aromatic rings. The fourth-order valence-electron chi connectivity index (χ4n) is 3.84. The molecule has 1 atom stereocenters. The van der Waals surface area contributed by atoms with Crippen LogP contribution in [0.2, 0.25) is 5.02 Å². The topological polar surface area (TPSA) is 82.6 Å². The van der Waals surface area contributed by atoms with Gasteiger partial charge in [-0.3, -0.25) is 14.6 Å². The standard InChI is InChI=1S/C21H27ClN4O2/c1-13(24-19(23-2)11-14-5-3-4-6-14)20(27)26-18-9-7-15-12-16(22)8-10-17(15)25-21(18)28/h8,10,12,14,18H,1,3-7,9,11H2,2H3,(H,23,24)(H,25,28)(H,26,27)/t18-/m0/s1. The molecule has 0 radical (unpaired) electrons. The first kappa shape index (κ1) is 20.4. The van der Waals surface area contributed by atoms with E-state index >= 15 is 0 Å². The van der Waals surface area contributed by atoms with Crippen LogP contribution in [0.4, 0.5) is 5.69 Å². The Balaban J connectivity index is 1.56. The van der Waals surface area contributed by atoms with Crippen molar-refractivity contribution in [2.45, 2.75) is 51.0 Å². The Kier molecular flexibility index (Phi) is 6.73. The van der Waals surface area contributed by atoms with Gasteiger partial charge in [-0.1, -0.05) is 43.9 Å². The van der Waals surface area contributed by atoms with Crippen molar-refractivity contribution < 1.29 is 9.59 Å². The molecule has 6 nitrogen and oxygen atoms in total. The number of amidine groups is 1. The minimum absolute atomic E-state index is 0.205. The molecule has 1 saturated carbocycles. The number of aliphatic imine (C=N–C) groups is 1. The van der Waals surface area contributed by atoms with Gasteiger partial charge < -0.3 is 16.0 Å². The highest BCUT2D eigenvalue weighted by Gasteiger charge is 2.26. The van der Waals surface area contributed by atoms with Gasteiger partial charge >= 0.3 is 0 Å². The second-order valence-electron chi connectivity index (χ2n) is 7.48. The number of carbonyl (C=O) groups is 2. The number of amides is 2. The summed E-state index contributed by atoms with van der Waals surface area (Å²) in [4.78, 5) is 29.3. The molecule has 3 rings (SSSR count). The van der Waals surface area contributed by atoms with Gasteiger partial charge in [-0.25, -0.2) is 0 Å². The van der Waals surface area contributed by atoms with E-state index in [1.54, 1.807) is 19.2 Å². The summed E-state index contributed by atoms with van der Waals surface area (Å²) in [5.41, 5.74) is 1.91. The number of fused-ring (bicyclic) bond motifs is 1. The van der Waals surface area contributed by atoms with Gasteiger partial charge in [0.15, 0.2) is 0 Å². The van der Waals surface area contributed by atoms with Crippen LogP contribution in [0.25, 0.3) is 0 Å². The van der Waals surface area contributed by atoms with Crippen LogP contribution in [-0.4, -0.2) is 30.7 Å². The highest BCUT2D eigenvalue weighted by Crippen LogP contribution is 2.28. The molecule has 2 aliphatic rings. The van der Waals surface area contributed by atoms with Crippen molar-refractivity contribution >= 4 is 34.9 Å². The van der Waals surface area contributed by atoms with Gasteiger partial charge in [-0.05, 0) is 42.5 Å². The third-order valence-electron chi connectivity index (χ3n) is 5.45. The molecule has 1 aliphatic heterocycles. The Bertz CT molecular complexity index is 800. The molecule has 28 heavy (non-hydrogen) atoms. The molecule has 7 heteroatoms. The van der Waals surface area contributed by atoms with Crippen molar-refractivity contribution in [1.82, 2.24) is 10.6 Å². The minimum atomic E-state index is -0.630. The van der Waals surface area contributed by atoms with Crippen LogP contribution in [0.1, 0.15) is 44.1 Å². The number of benzene rings is 1. The van der Waals surface area contributed by atoms with Gasteiger partial charge in [0.25, 0.3) is 5.91 Å². The van der Waals surface area contributed by atoms with Gasteiger partial charge in [0.2, 0.25) is 5.91 Å². The number of rotatable bonds is 5. The number of anilines is 1. The third-order valence-corrected chi connectivity index (χ3v) is 5.68. The quantitative estimate of drug-likeness (QED) is 0.401. The highest BCUT2D eigenvalue weighted by molar-refractivity contribution is 6.30. The lowest BCUT2D eigenvalue weighted by Crippen LogP contribution is -2.46. The molecule has 0 bridgehead atoms. The van der Waals surface area contributed by atoms with Crippen LogP contribution in [0.3, 0.4) is 0 Å². The Labute approximate surface area is 170 Å². The smallest absolute Gasteiger partial charge is 0.267 e. The zero-order valence-corrected chi connectivity index (χ0v) is 16.9. The maximum absolute atomic E-state index is 12.6. The van der Waals surface area contributed by atoms with E-state index in [-0.39, 0.29) is 11.6 Å². The maximum atomic E-state index is 12.6. The summed E-state index contributed by atoms with van der Waals surface area (Å²) in [6.07, 6.45) is 6.87. The largest absolute Gasteiger partial charge is 0.340 e. The molecule has 0 saturated heterocycles. The minimum Gasteiger partial charge on any atom is -0.340 e. The number of aryl methyl sites for hydroxylation is 1. The van der Waals surface area contributed by atoms with E-state index in [0.717, 1.165) is 23.5 Å². The highest BCUT2D eigenvalue weighted by atomic mass is 35.5. The number of halogens is 1. The van der Waals surface area contributed by atoms with Gasteiger partial charge in [0.1, 0.15) is 11.9 Å². The first-order valence-corrected chi connectivity index (χ1v) is 10.2. The van der Waals surface area contributed by atoms with Gasteiger partial charge in [0.05, 0.1) is 5.70 Å². The molecule has 1 fully saturated rings. The number of hydrogen-bond acceptors (Lipinski definition) is 3. The van der Waals surface area contributed by atoms with E-state index in [2.05, 4.69) is 27.5 Å². The summed E-state index contributed by atoms with van der Waals surface area (Å²) in [6, 6.07) is 4.73. The van der Waals surface area contributed by atoms with Crippen molar-refractivity contribution in [3.63, 3.8) is 0 Å². The van der Waals surface area contributed by atoms with Crippen molar-refractivity contribution in [1.29, 1.82) is 0 Å². The predicted octanol–water partition coefficient (Wildman–Crippen LogP) is 3.42. The molecule has 150 valence electrons. The summed E-state index contributed by atoms with van der Waals surface area (Å²) in [6.45, 7) is 3.83. The Hall–Kier alpha value is -2.34. The van der Waals surface area contributed by atoms with E-state index in [9.17, 15) is 9.59 Å². The number of nitrogens with zero attached hydrogens (tertiary/aromatic N) is 1. The first-order chi connectivity index (χ1) is 13.5. The van der Waals surface area contributed by atoms with Crippen molar-refractivity contribution in [2.24, 2.45) is 10.9 Å².